The van der Waals surface area contributed by atoms with Crippen molar-refractivity contribution in [2.24, 2.45) is 0 Å². The Labute approximate surface area is 194 Å². The predicted molar refractivity (Wildman–Crippen MR) is 125 cm³/mol. The van der Waals surface area contributed by atoms with Crippen LogP contribution in [0.5, 0.6) is 5.75 Å². The number of aliphatic hydroxyl groups is 1. The second kappa shape index (κ2) is 10.6. The van der Waals surface area contributed by atoms with E-state index < -0.39 is 5.82 Å². The third kappa shape index (κ3) is 5.84. The molecule has 0 amide bonds. The van der Waals surface area contributed by atoms with Gasteiger partial charge in [-0.2, -0.15) is 0 Å². The number of rotatable bonds is 9. The quantitative estimate of drug-likeness (QED) is 0.392. The lowest BCUT2D eigenvalue weighted by Gasteiger charge is -2.15. The summed E-state index contributed by atoms with van der Waals surface area (Å²) >= 11 is 14.0. The van der Waals surface area contributed by atoms with Crippen molar-refractivity contribution in [2.75, 3.05) is 25.6 Å². The van der Waals surface area contributed by atoms with Gasteiger partial charge in [-0.25, -0.2) is 4.39 Å². The number of halogens is 3. The van der Waals surface area contributed by atoms with Crippen LogP contribution in [-0.2, 0) is 0 Å². The van der Waals surface area contributed by atoms with Gasteiger partial charge in [-0.05, 0) is 45.2 Å². The first-order valence-corrected chi connectivity index (χ1v) is 11.2. The highest BCUT2D eigenvalue weighted by Crippen LogP contribution is 2.38. The van der Waals surface area contributed by atoms with Crippen LogP contribution in [0.1, 0.15) is 13.8 Å². The smallest absolute Gasteiger partial charge is 0.165 e. The molecular formula is C21H23Cl2FN4O2S. The van der Waals surface area contributed by atoms with Crippen LogP contribution in [0.4, 0.5) is 10.1 Å². The van der Waals surface area contributed by atoms with Crippen LogP contribution >= 0.6 is 34.5 Å². The number of hydrogen-bond donors (Lipinski definition) is 3. The third-order valence-electron chi connectivity index (χ3n) is 4.41. The largest absolute Gasteiger partial charge is 0.489 e. The van der Waals surface area contributed by atoms with E-state index in [0.717, 1.165) is 11.3 Å². The fourth-order valence-electron chi connectivity index (χ4n) is 2.75. The molecule has 3 N–H and O–H groups in total. The second-order valence-corrected chi connectivity index (χ2v) is 8.94. The Kier molecular flexibility index (Phi) is 8.07. The molecule has 2 aromatic carbocycles. The summed E-state index contributed by atoms with van der Waals surface area (Å²) in [5.74, 6) is -0.566. The molecule has 1 atom stereocenters. The van der Waals surface area contributed by atoms with E-state index in [2.05, 4.69) is 20.8 Å². The van der Waals surface area contributed by atoms with Gasteiger partial charge in [-0.1, -0.05) is 34.5 Å². The first-order chi connectivity index (χ1) is 14.8. The average molecular weight is 485 g/mol. The van der Waals surface area contributed by atoms with E-state index in [0.29, 0.717) is 25.6 Å². The van der Waals surface area contributed by atoms with Crippen LogP contribution in [0.25, 0.3) is 21.1 Å². The summed E-state index contributed by atoms with van der Waals surface area (Å²) in [6.45, 7) is 4.04. The molecule has 3 aromatic rings. The van der Waals surface area contributed by atoms with Crippen LogP contribution in [-0.4, -0.2) is 47.6 Å². The Morgan fingerprint density at radius 2 is 1.87 bits per heavy atom. The number of nitrogens with one attached hydrogen (secondary N) is 2. The molecule has 0 fully saturated rings. The maximum Gasteiger partial charge on any atom is 0.165 e. The molecule has 0 unspecified atom stereocenters. The summed E-state index contributed by atoms with van der Waals surface area (Å²) in [5, 5.41) is 25.7. The molecule has 0 aliphatic carbocycles. The zero-order valence-electron chi connectivity index (χ0n) is 17.2. The van der Waals surface area contributed by atoms with Gasteiger partial charge >= 0.3 is 0 Å². The number of anilines is 1. The topological polar surface area (TPSA) is 79.3 Å². The fourth-order valence-corrected chi connectivity index (χ4v) is 4.15. The van der Waals surface area contributed by atoms with Gasteiger partial charge in [0.25, 0.3) is 0 Å². The summed E-state index contributed by atoms with van der Waals surface area (Å²) in [6, 6.07) is 8.24. The van der Waals surface area contributed by atoms with E-state index in [-0.39, 0.29) is 31.0 Å². The van der Waals surface area contributed by atoms with Gasteiger partial charge in [0.1, 0.15) is 16.6 Å². The van der Waals surface area contributed by atoms with Gasteiger partial charge in [0.05, 0.1) is 28.4 Å². The molecular weight excluding hydrogens is 462 g/mol. The average Bonchev–Trinajstić information content (AvgIpc) is 3.22. The van der Waals surface area contributed by atoms with E-state index in [9.17, 15) is 9.50 Å². The van der Waals surface area contributed by atoms with E-state index in [1.165, 1.54) is 23.5 Å². The SMILES string of the molecule is CN[C@H](CO)COc1cc(Cl)c(-c2nnc(-c3ccc(NC(C)C)c(Cl)c3)s2)cc1F. The van der Waals surface area contributed by atoms with E-state index in [1.807, 2.05) is 32.0 Å². The first kappa shape index (κ1) is 23.7. The van der Waals surface area contributed by atoms with Crippen molar-refractivity contribution < 1.29 is 14.2 Å². The van der Waals surface area contributed by atoms with Gasteiger partial charge < -0.3 is 20.5 Å². The highest BCUT2D eigenvalue weighted by molar-refractivity contribution is 7.18. The number of nitrogens with zero attached hydrogens (tertiary/aromatic N) is 2. The number of likely N-dealkylation sites (N-methyl/N-ethyl adjacent to an activating group) is 1. The lowest BCUT2D eigenvalue weighted by Crippen LogP contribution is -2.35. The zero-order valence-corrected chi connectivity index (χ0v) is 19.6. The van der Waals surface area contributed by atoms with Crippen molar-refractivity contribution in [3.05, 3.63) is 46.2 Å². The molecule has 0 saturated heterocycles. The molecule has 1 aromatic heterocycles. The van der Waals surface area contributed by atoms with Gasteiger partial charge in [-0.3, -0.25) is 0 Å². The van der Waals surface area contributed by atoms with Gasteiger partial charge in [-0.15, -0.1) is 10.2 Å². The highest BCUT2D eigenvalue weighted by atomic mass is 35.5. The number of benzene rings is 2. The Hall–Kier alpha value is -1.97. The van der Waals surface area contributed by atoms with Crippen molar-refractivity contribution in [1.82, 2.24) is 15.5 Å². The molecule has 0 radical (unpaired) electrons. The van der Waals surface area contributed by atoms with Crippen molar-refractivity contribution in [3.63, 3.8) is 0 Å². The first-order valence-electron chi connectivity index (χ1n) is 9.62. The Bertz CT molecular complexity index is 1040. The maximum atomic E-state index is 14.6. The highest BCUT2D eigenvalue weighted by Gasteiger charge is 2.17. The predicted octanol–water partition coefficient (Wildman–Crippen LogP) is 5.10. The van der Waals surface area contributed by atoms with Crippen molar-refractivity contribution in [1.29, 1.82) is 0 Å². The lowest BCUT2D eigenvalue weighted by molar-refractivity contribution is 0.185. The summed E-state index contributed by atoms with van der Waals surface area (Å²) in [5.41, 5.74) is 2.07. The monoisotopic (exact) mass is 484 g/mol. The zero-order chi connectivity index (χ0) is 22.5. The van der Waals surface area contributed by atoms with E-state index >= 15 is 0 Å². The van der Waals surface area contributed by atoms with Gasteiger partial charge in [0, 0.05) is 23.2 Å². The standard InChI is InChI=1S/C21H23Cl2FN4O2S/c1-11(2)26-18-5-4-12(6-16(18)23)20-27-28-21(31-20)14-7-17(24)19(8-15(14)22)30-10-13(9-29)25-3/h4-8,11,13,25-26,29H,9-10H2,1-3H3/t13-/m1/s1. The summed E-state index contributed by atoms with van der Waals surface area (Å²) in [7, 11) is 1.69. The van der Waals surface area contributed by atoms with Crippen LogP contribution in [0.2, 0.25) is 10.0 Å². The molecule has 166 valence electrons. The van der Waals surface area contributed by atoms with E-state index in [1.54, 1.807) is 7.05 Å². The van der Waals surface area contributed by atoms with Crippen LogP contribution in [0, 0.1) is 5.82 Å². The number of aliphatic hydroxyl groups excluding tert-OH is 1. The molecule has 0 bridgehead atoms. The van der Waals surface area contributed by atoms with Gasteiger partial charge in [0.15, 0.2) is 11.6 Å². The summed E-state index contributed by atoms with van der Waals surface area (Å²) in [4.78, 5) is 0. The third-order valence-corrected chi connectivity index (χ3v) is 6.04. The molecule has 0 aliphatic heterocycles. The molecule has 1 heterocycles. The molecule has 0 spiro atoms. The van der Waals surface area contributed by atoms with Crippen molar-refractivity contribution in [3.8, 4) is 26.9 Å². The maximum absolute atomic E-state index is 14.6. The molecule has 31 heavy (non-hydrogen) atoms. The van der Waals surface area contributed by atoms with Gasteiger partial charge in [0.2, 0.25) is 0 Å². The molecule has 10 heteroatoms. The summed E-state index contributed by atoms with van der Waals surface area (Å²) < 4.78 is 20.0. The minimum Gasteiger partial charge on any atom is -0.489 e. The number of ether oxygens (including phenoxy) is 1. The number of aromatic nitrogens is 2. The Morgan fingerprint density at radius 1 is 1.13 bits per heavy atom. The Balaban J connectivity index is 1.82. The molecule has 3 rings (SSSR count). The normalized spacial score (nSPS) is 12.3. The summed E-state index contributed by atoms with van der Waals surface area (Å²) in [6.07, 6.45) is 0. The Morgan fingerprint density at radius 3 is 2.52 bits per heavy atom. The van der Waals surface area contributed by atoms with Crippen LogP contribution in [0.3, 0.4) is 0 Å². The van der Waals surface area contributed by atoms with Crippen LogP contribution in [0.15, 0.2) is 30.3 Å². The number of hydrogen-bond acceptors (Lipinski definition) is 7. The van der Waals surface area contributed by atoms with Crippen LogP contribution < -0.4 is 15.4 Å². The minimum atomic E-state index is -0.573. The molecule has 0 aliphatic rings. The lowest BCUT2D eigenvalue weighted by atomic mass is 10.2. The minimum absolute atomic E-state index is 0.00668. The van der Waals surface area contributed by atoms with Crippen molar-refractivity contribution >= 4 is 40.2 Å². The molecule has 6 nitrogen and oxygen atoms in total. The fraction of sp³-hybridized carbons (Fsp3) is 0.333. The second-order valence-electron chi connectivity index (χ2n) is 7.15. The van der Waals surface area contributed by atoms with E-state index in [4.69, 9.17) is 27.9 Å². The molecule has 0 saturated carbocycles. The van der Waals surface area contributed by atoms with Crippen molar-refractivity contribution in [2.45, 2.75) is 25.9 Å².